The molecule has 1 unspecified atom stereocenters. The molecule has 1 aliphatic rings. The molecule has 2 heterocycles. The number of rotatable bonds is 6. The fraction of sp³-hybridized carbons (Fsp3) is 0.750. The first-order valence-electron chi connectivity index (χ1n) is 8.58. The number of nitrogens with two attached hydrogens (primary N) is 1. The molecule has 3 N–H and O–H groups in total. The van der Waals surface area contributed by atoms with Crippen molar-refractivity contribution >= 4 is 11.8 Å². The summed E-state index contributed by atoms with van der Waals surface area (Å²) in [5, 5.41) is 6.94. The van der Waals surface area contributed by atoms with Gasteiger partial charge in [0.2, 0.25) is 11.8 Å². The van der Waals surface area contributed by atoms with Crippen LogP contribution in [-0.4, -0.2) is 69.9 Å². The number of carbonyl (C=O) groups is 2. The van der Waals surface area contributed by atoms with Gasteiger partial charge < -0.3 is 20.7 Å². The van der Waals surface area contributed by atoms with Gasteiger partial charge in [-0.25, -0.2) is 9.67 Å². The lowest BCUT2D eigenvalue weighted by atomic mass is 10.1. The lowest BCUT2D eigenvalue weighted by Crippen LogP contribution is -2.52. The number of aromatic nitrogens is 3. The van der Waals surface area contributed by atoms with E-state index in [0.717, 1.165) is 5.82 Å². The van der Waals surface area contributed by atoms with E-state index in [2.05, 4.69) is 15.4 Å². The molecule has 0 spiro atoms. The van der Waals surface area contributed by atoms with Crippen molar-refractivity contribution in [3.05, 3.63) is 11.6 Å². The van der Waals surface area contributed by atoms with Crippen LogP contribution in [0.1, 0.15) is 25.5 Å². The van der Waals surface area contributed by atoms with E-state index in [9.17, 15) is 9.59 Å². The number of morpholine rings is 1. The highest BCUT2D eigenvalue weighted by molar-refractivity contribution is 5.87. The lowest BCUT2D eigenvalue weighted by molar-refractivity contribution is -0.140. The molecular formula is C16H28N6O3. The Morgan fingerprint density at radius 2 is 2.12 bits per heavy atom. The van der Waals surface area contributed by atoms with Gasteiger partial charge in [-0.15, -0.1) is 0 Å². The monoisotopic (exact) mass is 352 g/mol. The van der Waals surface area contributed by atoms with Gasteiger partial charge in [-0.05, 0) is 19.8 Å². The highest BCUT2D eigenvalue weighted by Gasteiger charge is 2.26. The standard InChI is InChI=1S/C16H28N6O3/c1-10(2)15(17)16(24)18-7-14(23)21-5-6-25-13(8-21)9-22-12(4)19-11(3)20-22/h10,13,15H,5-9,17H2,1-4H3,(H,18,24)/t13?,15-/m0/s1. The van der Waals surface area contributed by atoms with Gasteiger partial charge in [-0.1, -0.05) is 13.8 Å². The normalized spacial score (nSPS) is 19.1. The Bertz CT molecular complexity index is 615. The van der Waals surface area contributed by atoms with Gasteiger partial charge >= 0.3 is 0 Å². The fourth-order valence-corrected chi connectivity index (χ4v) is 2.68. The third kappa shape index (κ3) is 5.23. The molecule has 0 aliphatic carbocycles. The van der Waals surface area contributed by atoms with Crippen LogP contribution in [0, 0.1) is 19.8 Å². The molecule has 0 bridgehead atoms. The molecule has 0 saturated carbocycles. The summed E-state index contributed by atoms with van der Waals surface area (Å²) in [4.78, 5) is 30.2. The molecule has 2 rings (SSSR count). The van der Waals surface area contributed by atoms with E-state index in [1.807, 2.05) is 27.7 Å². The highest BCUT2D eigenvalue weighted by atomic mass is 16.5. The minimum Gasteiger partial charge on any atom is -0.373 e. The van der Waals surface area contributed by atoms with Crippen LogP contribution >= 0.6 is 0 Å². The first-order valence-corrected chi connectivity index (χ1v) is 8.58. The van der Waals surface area contributed by atoms with Crippen molar-refractivity contribution in [1.29, 1.82) is 0 Å². The summed E-state index contributed by atoms with van der Waals surface area (Å²) in [6.45, 7) is 9.39. The van der Waals surface area contributed by atoms with Crippen LogP contribution < -0.4 is 11.1 Å². The number of ether oxygens (including phenoxy) is 1. The van der Waals surface area contributed by atoms with Crippen molar-refractivity contribution in [2.45, 2.75) is 46.4 Å². The summed E-state index contributed by atoms with van der Waals surface area (Å²) in [5.74, 6) is 1.12. The number of hydrogen-bond acceptors (Lipinski definition) is 6. The predicted molar refractivity (Wildman–Crippen MR) is 91.6 cm³/mol. The summed E-state index contributed by atoms with van der Waals surface area (Å²) < 4.78 is 7.52. The van der Waals surface area contributed by atoms with Crippen molar-refractivity contribution in [3.8, 4) is 0 Å². The van der Waals surface area contributed by atoms with E-state index >= 15 is 0 Å². The van der Waals surface area contributed by atoms with E-state index in [4.69, 9.17) is 10.5 Å². The van der Waals surface area contributed by atoms with Gasteiger partial charge in [0.25, 0.3) is 0 Å². The van der Waals surface area contributed by atoms with E-state index in [1.54, 1.807) is 9.58 Å². The number of nitrogens with one attached hydrogen (secondary N) is 1. The maximum absolute atomic E-state index is 12.3. The van der Waals surface area contributed by atoms with Gasteiger partial charge in [0, 0.05) is 13.1 Å². The van der Waals surface area contributed by atoms with Crippen LogP contribution in [0.2, 0.25) is 0 Å². The molecular weight excluding hydrogens is 324 g/mol. The average molecular weight is 352 g/mol. The van der Waals surface area contributed by atoms with Gasteiger partial charge in [-0.3, -0.25) is 9.59 Å². The second kappa shape index (κ2) is 8.39. The molecule has 9 nitrogen and oxygen atoms in total. The first kappa shape index (κ1) is 19.3. The zero-order chi connectivity index (χ0) is 18.6. The average Bonchev–Trinajstić information content (AvgIpc) is 2.89. The van der Waals surface area contributed by atoms with Crippen molar-refractivity contribution in [2.75, 3.05) is 26.2 Å². The minimum atomic E-state index is -0.608. The van der Waals surface area contributed by atoms with Crippen molar-refractivity contribution in [3.63, 3.8) is 0 Å². The van der Waals surface area contributed by atoms with Crippen molar-refractivity contribution < 1.29 is 14.3 Å². The zero-order valence-electron chi connectivity index (χ0n) is 15.4. The van der Waals surface area contributed by atoms with Crippen LogP contribution in [-0.2, 0) is 20.9 Å². The molecule has 2 atom stereocenters. The fourth-order valence-electron chi connectivity index (χ4n) is 2.68. The molecule has 1 aliphatic heterocycles. The third-order valence-corrected chi connectivity index (χ3v) is 4.27. The summed E-state index contributed by atoms with van der Waals surface area (Å²) in [6.07, 6.45) is -0.147. The Morgan fingerprint density at radius 1 is 1.40 bits per heavy atom. The number of amides is 2. The van der Waals surface area contributed by atoms with E-state index in [0.29, 0.717) is 32.1 Å². The van der Waals surface area contributed by atoms with Crippen molar-refractivity contribution in [1.82, 2.24) is 25.0 Å². The largest absolute Gasteiger partial charge is 0.373 e. The smallest absolute Gasteiger partial charge is 0.242 e. The number of hydrogen-bond donors (Lipinski definition) is 2. The predicted octanol–water partition coefficient (Wildman–Crippen LogP) is -0.778. The number of aryl methyl sites for hydroxylation is 2. The second-order valence-corrected chi connectivity index (χ2v) is 6.71. The van der Waals surface area contributed by atoms with Crippen LogP contribution in [0.5, 0.6) is 0 Å². The highest BCUT2D eigenvalue weighted by Crippen LogP contribution is 2.09. The van der Waals surface area contributed by atoms with Crippen LogP contribution in [0.4, 0.5) is 0 Å². The lowest BCUT2D eigenvalue weighted by Gasteiger charge is -2.33. The second-order valence-electron chi connectivity index (χ2n) is 6.71. The maximum Gasteiger partial charge on any atom is 0.242 e. The van der Waals surface area contributed by atoms with Gasteiger partial charge in [0.05, 0.1) is 31.8 Å². The SMILES string of the molecule is Cc1nc(C)n(CC2CN(C(=O)CNC(=O)[C@@H](N)C(C)C)CCO2)n1. The Hall–Kier alpha value is -2.00. The Morgan fingerprint density at radius 3 is 2.72 bits per heavy atom. The van der Waals surface area contributed by atoms with E-state index < -0.39 is 6.04 Å². The molecule has 1 aromatic heterocycles. The number of carbonyl (C=O) groups excluding carboxylic acids is 2. The Kier molecular flexibility index (Phi) is 6.49. The molecule has 0 radical (unpaired) electrons. The topological polar surface area (TPSA) is 115 Å². The van der Waals surface area contributed by atoms with Gasteiger partial charge in [0.1, 0.15) is 11.6 Å². The van der Waals surface area contributed by atoms with Gasteiger partial charge in [-0.2, -0.15) is 5.10 Å². The minimum absolute atomic E-state index is 0.0252. The summed E-state index contributed by atoms with van der Waals surface area (Å²) in [5.41, 5.74) is 5.78. The number of nitrogens with zero attached hydrogens (tertiary/aromatic N) is 4. The van der Waals surface area contributed by atoms with Crippen LogP contribution in [0.25, 0.3) is 0 Å². The van der Waals surface area contributed by atoms with Crippen LogP contribution in [0.15, 0.2) is 0 Å². The molecule has 9 heteroatoms. The van der Waals surface area contributed by atoms with Crippen LogP contribution in [0.3, 0.4) is 0 Å². The van der Waals surface area contributed by atoms with Crippen molar-refractivity contribution in [2.24, 2.45) is 11.7 Å². The first-order chi connectivity index (χ1) is 11.8. The molecule has 1 saturated heterocycles. The molecule has 0 aromatic carbocycles. The van der Waals surface area contributed by atoms with E-state index in [-0.39, 0.29) is 30.4 Å². The Labute approximate surface area is 147 Å². The molecule has 25 heavy (non-hydrogen) atoms. The molecule has 2 amide bonds. The molecule has 140 valence electrons. The third-order valence-electron chi connectivity index (χ3n) is 4.27. The molecule has 1 fully saturated rings. The quantitative estimate of drug-likeness (QED) is 0.694. The maximum atomic E-state index is 12.3. The summed E-state index contributed by atoms with van der Waals surface area (Å²) in [6, 6.07) is -0.608. The van der Waals surface area contributed by atoms with Gasteiger partial charge in [0.15, 0.2) is 0 Å². The molecule has 1 aromatic rings. The summed E-state index contributed by atoms with van der Waals surface area (Å²) >= 11 is 0. The van der Waals surface area contributed by atoms with E-state index in [1.165, 1.54) is 0 Å². The summed E-state index contributed by atoms with van der Waals surface area (Å²) in [7, 11) is 0. The zero-order valence-corrected chi connectivity index (χ0v) is 15.4. The Balaban J connectivity index is 1.84.